The smallest absolute Gasteiger partial charge is 0.222 e. The monoisotopic (exact) mass is 312 g/mol. The lowest BCUT2D eigenvalue weighted by atomic mass is 9.90. The average molecular weight is 313 g/mol. The predicted molar refractivity (Wildman–Crippen MR) is 86.9 cm³/mol. The van der Waals surface area contributed by atoms with Crippen molar-refractivity contribution in [2.24, 2.45) is 11.1 Å². The number of halogens is 1. The Labute approximate surface area is 133 Å². The minimum Gasteiger partial charge on any atom is -0.497 e. The van der Waals surface area contributed by atoms with Crippen LogP contribution in [0.3, 0.4) is 0 Å². The van der Waals surface area contributed by atoms with Gasteiger partial charge in [-0.1, -0.05) is 19.1 Å². The highest BCUT2D eigenvalue weighted by Gasteiger charge is 2.34. The zero-order valence-corrected chi connectivity index (χ0v) is 13.6. The Hall–Kier alpha value is -1.26. The second-order valence-electron chi connectivity index (χ2n) is 5.93. The number of nitrogens with two attached hydrogens (primary N) is 1. The van der Waals surface area contributed by atoms with Crippen LogP contribution < -0.4 is 10.5 Å². The Morgan fingerprint density at radius 3 is 2.86 bits per heavy atom. The van der Waals surface area contributed by atoms with Crippen LogP contribution in [0.5, 0.6) is 5.75 Å². The number of carbonyl (C=O) groups is 1. The molecule has 118 valence electrons. The van der Waals surface area contributed by atoms with Gasteiger partial charge in [0.05, 0.1) is 7.11 Å². The summed E-state index contributed by atoms with van der Waals surface area (Å²) in [6.45, 7) is 4.43. The second-order valence-corrected chi connectivity index (χ2v) is 5.93. The highest BCUT2D eigenvalue weighted by atomic mass is 35.5. The molecule has 4 nitrogen and oxygen atoms in total. The summed E-state index contributed by atoms with van der Waals surface area (Å²) in [4.78, 5) is 14.2. The molecular formula is C16H25ClN2O2. The normalized spacial score (nSPS) is 21.0. The molecule has 0 radical (unpaired) electrons. The molecule has 1 aromatic rings. The number of rotatable bonds is 5. The van der Waals surface area contributed by atoms with Crippen LogP contribution in [0.25, 0.3) is 0 Å². The Bertz CT molecular complexity index is 481. The van der Waals surface area contributed by atoms with Crippen molar-refractivity contribution in [1.82, 2.24) is 4.90 Å². The Morgan fingerprint density at radius 1 is 1.48 bits per heavy atom. The summed E-state index contributed by atoms with van der Waals surface area (Å²) in [6, 6.07) is 7.89. The number of methoxy groups -OCH3 is 1. The summed E-state index contributed by atoms with van der Waals surface area (Å²) in [6.07, 6.45) is 2.31. The van der Waals surface area contributed by atoms with E-state index in [4.69, 9.17) is 10.5 Å². The Balaban J connectivity index is 0.00000220. The number of amides is 1. The molecule has 2 N–H and O–H groups in total. The van der Waals surface area contributed by atoms with Crippen LogP contribution in [-0.4, -0.2) is 37.6 Å². The molecule has 1 amide bonds. The third-order valence-electron chi connectivity index (χ3n) is 4.17. The van der Waals surface area contributed by atoms with Crippen LogP contribution in [0.15, 0.2) is 24.3 Å². The first-order valence-electron chi connectivity index (χ1n) is 7.17. The minimum atomic E-state index is 0. The fourth-order valence-electron chi connectivity index (χ4n) is 2.64. The van der Waals surface area contributed by atoms with E-state index in [1.54, 1.807) is 7.11 Å². The molecule has 0 aromatic heterocycles. The van der Waals surface area contributed by atoms with Crippen molar-refractivity contribution >= 4 is 18.3 Å². The standard InChI is InChI=1S/C16H24N2O2.ClH/c1-16(11-17)8-9-18(12-16)15(19)7-6-13-4-3-5-14(10-13)20-2;/h3-5,10H,6-9,11-12,17H2,1-2H3;1H. The van der Waals surface area contributed by atoms with Gasteiger partial charge < -0.3 is 15.4 Å². The van der Waals surface area contributed by atoms with Crippen molar-refractivity contribution in [2.45, 2.75) is 26.2 Å². The summed E-state index contributed by atoms with van der Waals surface area (Å²) >= 11 is 0. The van der Waals surface area contributed by atoms with Crippen molar-refractivity contribution in [3.8, 4) is 5.75 Å². The first-order valence-corrected chi connectivity index (χ1v) is 7.17. The van der Waals surface area contributed by atoms with Gasteiger partial charge in [0.25, 0.3) is 0 Å². The maximum Gasteiger partial charge on any atom is 0.222 e. The highest BCUT2D eigenvalue weighted by Crippen LogP contribution is 2.29. The maximum atomic E-state index is 12.2. The predicted octanol–water partition coefficient (Wildman–Crippen LogP) is 2.25. The third-order valence-corrected chi connectivity index (χ3v) is 4.17. The zero-order valence-electron chi connectivity index (χ0n) is 12.8. The van der Waals surface area contributed by atoms with Crippen LogP contribution in [-0.2, 0) is 11.2 Å². The van der Waals surface area contributed by atoms with Gasteiger partial charge in [0.1, 0.15) is 5.75 Å². The first kappa shape index (κ1) is 17.8. The van der Waals surface area contributed by atoms with Gasteiger partial charge in [-0.05, 0) is 42.5 Å². The highest BCUT2D eigenvalue weighted by molar-refractivity contribution is 5.85. The number of aryl methyl sites for hydroxylation is 1. The molecule has 1 heterocycles. The summed E-state index contributed by atoms with van der Waals surface area (Å²) in [5.74, 6) is 1.07. The van der Waals surface area contributed by atoms with Gasteiger partial charge in [-0.15, -0.1) is 12.4 Å². The van der Waals surface area contributed by atoms with E-state index < -0.39 is 0 Å². The third kappa shape index (κ3) is 4.61. The van der Waals surface area contributed by atoms with E-state index in [2.05, 4.69) is 6.92 Å². The average Bonchev–Trinajstić information content (AvgIpc) is 2.88. The molecule has 2 rings (SSSR count). The summed E-state index contributed by atoms with van der Waals surface area (Å²) in [5.41, 5.74) is 7.02. The van der Waals surface area contributed by atoms with Gasteiger partial charge in [0.15, 0.2) is 0 Å². The molecule has 1 atom stereocenters. The van der Waals surface area contributed by atoms with Gasteiger partial charge in [0, 0.05) is 19.5 Å². The van der Waals surface area contributed by atoms with Crippen molar-refractivity contribution in [3.63, 3.8) is 0 Å². The number of likely N-dealkylation sites (tertiary alicyclic amines) is 1. The molecule has 0 spiro atoms. The van der Waals surface area contributed by atoms with E-state index in [-0.39, 0.29) is 23.7 Å². The molecule has 0 saturated carbocycles. The van der Waals surface area contributed by atoms with Crippen LogP contribution >= 0.6 is 12.4 Å². The maximum absolute atomic E-state index is 12.2. The van der Waals surface area contributed by atoms with Crippen molar-refractivity contribution in [2.75, 3.05) is 26.7 Å². The van der Waals surface area contributed by atoms with E-state index in [1.165, 1.54) is 0 Å². The fraction of sp³-hybridized carbons (Fsp3) is 0.562. The fourth-order valence-corrected chi connectivity index (χ4v) is 2.64. The molecule has 1 saturated heterocycles. The minimum absolute atomic E-state index is 0. The molecular weight excluding hydrogens is 288 g/mol. The molecule has 0 bridgehead atoms. The summed E-state index contributed by atoms with van der Waals surface area (Å²) < 4.78 is 5.19. The number of benzene rings is 1. The van der Waals surface area contributed by atoms with E-state index >= 15 is 0 Å². The lowest BCUT2D eigenvalue weighted by molar-refractivity contribution is -0.130. The first-order chi connectivity index (χ1) is 9.56. The molecule has 5 heteroatoms. The van der Waals surface area contributed by atoms with Crippen molar-refractivity contribution in [1.29, 1.82) is 0 Å². The number of hydrogen-bond acceptors (Lipinski definition) is 3. The van der Waals surface area contributed by atoms with Gasteiger partial charge >= 0.3 is 0 Å². The van der Waals surface area contributed by atoms with Crippen LogP contribution in [0, 0.1) is 5.41 Å². The van der Waals surface area contributed by atoms with Gasteiger partial charge in [-0.3, -0.25) is 4.79 Å². The largest absolute Gasteiger partial charge is 0.497 e. The Kier molecular flexibility index (Phi) is 6.49. The Morgan fingerprint density at radius 2 is 2.24 bits per heavy atom. The zero-order chi connectivity index (χ0) is 14.6. The number of nitrogens with zero attached hydrogens (tertiary/aromatic N) is 1. The molecule has 1 fully saturated rings. The molecule has 1 aliphatic heterocycles. The van der Waals surface area contributed by atoms with Crippen LogP contribution in [0.4, 0.5) is 0 Å². The van der Waals surface area contributed by atoms with Crippen molar-refractivity contribution in [3.05, 3.63) is 29.8 Å². The van der Waals surface area contributed by atoms with Gasteiger partial charge in [-0.25, -0.2) is 0 Å². The SMILES string of the molecule is COc1cccc(CCC(=O)N2CCC(C)(CN)C2)c1.Cl. The van der Waals surface area contributed by atoms with E-state index in [0.29, 0.717) is 13.0 Å². The van der Waals surface area contributed by atoms with E-state index in [1.807, 2.05) is 29.2 Å². The summed E-state index contributed by atoms with van der Waals surface area (Å²) in [5, 5.41) is 0. The second kappa shape index (κ2) is 7.66. The van der Waals surface area contributed by atoms with E-state index in [0.717, 1.165) is 37.2 Å². The van der Waals surface area contributed by atoms with Crippen molar-refractivity contribution < 1.29 is 9.53 Å². The lowest BCUT2D eigenvalue weighted by Gasteiger charge is -2.22. The quantitative estimate of drug-likeness (QED) is 0.907. The number of carbonyl (C=O) groups excluding carboxylic acids is 1. The molecule has 1 aromatic carbocycles. The van der Waals surface area contributed by atoms with Crippen LogP contribution in [0.2, 0.25) is 0 Å². The number of ether oxygens (including phenoxy) is 1. The summed E-state index contributed by atoms with van der Waals surface area (Å²) in [7, 11) is 1.65. The number of hydrogen-bond donors (Lipinski definition) is 1. The lowest BCUT2D eigenvalue weighted by Crippen LogP contribution is -2.34. The molecule has 1 aliphatic rings. The van der Waals surface area contributed by atoms with E-state index in [9.17, 15) is 4.79 Å². The topological polar surface area (TPSA) is 55.6 Å². The van der Waals surface area contributed by atoms with Crippen LogP contribution in [0.1, 0.15) is 25.3 Å². The molecule has 0 aliphatic carbocycles. The molecule has 21 heavy (non-hydrogen) atoms. The van der Waals surface area contributed by atoms with Gasteiger partial charge in [-0.2, -0.15) is 0 Å². The van der Waals surface area contributed by atoms with Gasteiger partial charge in [0.2, 0.25) is 5.91 Å². The molecule has 1 unspecified atom stereocenters.